The van der Waals surface area contributed by atoms with Crippen LogP contribution in [-0.4, -0.2) is 18.1 Å². The van der Waals surface area contributed by atoms with Gasteiger partial charge in [-0.15, -0.1) is 0 Å². The van der Waals surface area contributed by atoms with E-state index in [1.807, 2.05) is 13.1 Å². The molecular formula is C21H24FNO2. The molecular weight excluding hydrogens is 317 g/mol. The van der Waals surface area contributed by atoms with E-state index in [-0.39, 0.29) is 17.7 Å². The Kier molecular flexibility index (Phi) is 4.22. The molecule has 1 aromatic heterocycles. The standard InChI is InChI=1S/C21H24FNO2/c1-12(21(24)25-2)13-7-14-9-16(10-15(14)8-13)18-5-6-23-20-4-3-17(22)11-19(18)20/h3-6,11-16H,7-10H2,1-2H3/t12-,13-,14?,15+,16+/m1/s1. The maximum absolute atomic E-state index is 13.7. The minimum Gasteiger partial charge on any atom is -0.469 e. The van der Waals surface area contributed by atoms with E-state index in [2.05, 4.69) is 11.1 Å². The summed E-state index contributed by atoms with van der Waals surface area (Å²) < 4.78 is 18.6. The lowest BCUT2D eigenvalue weighted by molar-refractivity contribution is -0.146. The van der Waals surface area contributed by atoms with Crippen LogP contribution in [0.1, 0.15) is 44.1 Å². The maximum atomic E-state index is 13.7. The predicted octanol–water partition coefficient (Wildman–Crippen LogP) is 4.70. The summed E-state index contributed by atoms with van der Waals surface area (Å²) in [6.07, 6.45) is 6.31. The first-order valence-electron chi connectivity index (χ1n) is 9.18. The van der Waals surface area contributed by atoms with Crippen molar-refractivity contribution in [2.45, 2.75) is 38.5 Å². The predicted molar refractivity (Wildman–Crippen MR) is 94.6 cm³/mol. The third-order valence-corrected chi connectivity index (χ3v) is 6.51. The second-order valence-electron chi connectivity index (χ2n) is 7.79. The number of methoxy groups -OCH3 is 1. The van der Waals surface area contributed by atoms with Crippen molar-refractivity contribution >= 4 is 16.9 Å². The van der Waals surface area contributed by atoms with E-state index in [0.717, 1.165) is 36.6 Å². The van der Waals surface area contributed by atoms with E-state index in [9.17, 15) is 9.18 Å². The number of hydrogen-bond acceptors (Lipinski definition) is 3. The van der Waals surface area contributed by atoms with Crippen molar-refractivity contribution in [3.8, 4) is 0 Å². The summed E-state index contributed by atoms with van der Waals surface area (Å²) >= 11 is 0. The number of halogens is 1. The number of nitrogens with zero attached hydrogens (tertiary/aromatic N) is 1. The number of carbonyl (C=O) groups excluding carboxylic acids is 1. The molecule has 5 atom stereocenters. The van der Waals surface area contributed by atoms with Gasteiger partial charge in [0.1, 0.15) is 5.82 Å². The van der Waals surface area contributed by atoms with E-state index in [1.54, 1.807) is 12.1 Å². The smallest absolute Gasteiger partial charge is 0.308 e. The summed E-state index contributed by atoms with van der Waals surface area (Å²) in [5, 5.41) is 0.951. The Morgan fingerprint density at radius 1 is 1.20 bits per heavy atom. The maximum Gasteiger partial charge on any atom is 0.308 e. The van der Waals surface area contributed by atoms with Gasteiger partial charge in [0.05, 0.1) is 18.5 Å². The summed E-state index contributed by atoms with van der Waals surface area (Å²) in [6.45, 7) is 1.99. The van der Waals surface area contributed by atoms with E-state index < -0.39 is 0 Å². The Labute approximate surface area is 147 Å². The number of aromatic nitrogens is 1. The van der Waals surface area contributed by atoms with Crippen LogP contribution in [0.2, 0.25) is 0 Å². The Morgan fingerprint density at radius 3 is 2.60 bits per heavy atom. The van der Waals surface area contributed by atoms with E-state index in [1.165, 1.54) is 18.7 Å². The molecule has 0 bridgehead atoms. The monoisotopic (exact) mass is 341 g/mol. The highest BCUT2D eigenvalue weighted by Gasteiger charge is 2.44. The van der Waals surface area contributed by atoms with Crippen LogP contribution in [0.4, 0.5) is 4.39 Å². The molecule has 1 unspecified atom stereocenters. The van der Waals surface area contributed by atoms with Crippen LogP contribution >= 0.6 is 0 Å². The summed E-state index contributed by atoms with van der Waals surface area (Å²) in [5.74, 6) is 1.94. The third-order valence-electron chi connectivity index (χ3n) is 6.51. The van der Waals surface area contributed by atoms with Crippen molar-refractivity contribution < 1.29 is 13.9 Å². The summed E-state index contributed by atoms with van der Waals surface area (Å²) in [4.78, 5) is 16.2. The molecule has 0 N–H and O–H groups in total. The van der Waals surface area contributed by atoms with Crippen LogP contribution in [0.25, 0.3) is 10.9 Å². The topological polar surface area (TPSA) is 39.2 Å². The molecule has 3 nitrogen and oxygen atoms in total. The van der Waals surface area contributed by atoms with Crippen LogP contribution in [0, 0.1) is 29.5 Å². The Balaban J connectivity index is 1.52. The molecule has 2 aliphatic rings. The number of rotatable bonds is 3. The zero-order valence-corrected chi connectivity index (χ0v) is 14.7. The number of fused-ring (bicyclic) bond motifs is 2. The molecule has 0 saturated heterocycles. The summed E-state index contributed by atoms with van der Waals surface area (Å²) in [7, 11) is 1.47. The van der Waals surface area contributed by atoms with Crippen LogP contribution in [0.5, 0.6) is 0 Å². The van der Waals surface area contributed by atoms with Gasteiger partial charge in [0, 0.05) is 11.6 Å². The second-order valence-corrected chi connectivity index (χ2v) is 7.79. The quantitative estimate of drug-likeness (QED) is 0.760. The van der Waals surface area contributed by atoms with Crippen molar-refractivity contribution in [3.63, 3.8) is 0 Å². The first-order chi connectivity index (χ1) is 12.1. The molecule has 2 saturated carbocycles. The van der Waals surface area contributed by atoms with Crippen molar-refractivity contribution in [1.82, 2.24) is 4.98 Å². The first kappa shape index (κ1) is 16.5. The van der Waals surface area contributed by atoms with Crippen LogP contribution < -0.4 is 0 Å². The Hall–Kier alpha value is -1.97. The lowest BCUT2D eigenvalue weighted by Gasteiger charge is -2.20. The SMILES string of the molecule is COC(=O)[C@H](C)[C@@H]1CC2C[C@H](c3ccnc4ccc(F)cc34)C[C@@H]2C1. The molecule has 2 fully saturated rings. The van der Waals surface area contributed by atoms with Gasteiger partial charge in [-0.3, -0.25) is 9.78 Å². The minimum atomic E-state index is -0.202. The molecule has 4 heteroatoms. The number of carbonyl (C=O) groups is 1. The van der Waals surface area contributed by atoms with Crippen molar-refractivity contribution in [3.05, 3.63) is 41.8 Å². The van der Waals surface area contributed by atoms with Gasteiger partial charge in [0.2, 0.25) is 0 Å². The summed E-state index contributed by atoms with van der Waals surface area (Å²) in [5.41, 5.74) is 2.10. The second kappa shape index (κ2) is 6.40. The van der Waals surface area contributed by atoms with Crippen molar-refractivity contribution in [2.75, 3.05) is 7.11 Å². The van der Waals surface area contributed by atoms with Crippen LogP contribution in [0.15, 0.2) is 30.5 Å². The van der Waals surface area contributed by atoms with Gasteiger partial charge in [-0.05, 0) is 79.2 Å². The van der Waals surface area contributed by atoms with Gasteiger partial charge in [-0.2, -0.15) is 0 Å². The van der Waals surface area contributed by atoms with Gasteiger partial charge in [0.15, 0.2) is 0 Å². The number of ether oxygens (including phenoxy) is 1. The lowest BCUT2D eigenvalue weighted by Crippen LogP contribution is -2.21. The molecule has 0 radical (unpaired) electrons. The average molecular weight is 341 g/mol. The van der Waals surface area contributed by atoms with E-state index >= 15 is 0 Å². The largest absolute Gasteiger partial charge is 0.469 e. The highest BCUT2D eigenvalue weighted by atomic mass is 19.1. The van der Waals surface area contributed by atoms with Gasteiger partial charge >= 0.3 is 5.97 Å². The summed E-state index contributed by atoms with van der Waals surface area (Å²) in [6, 6.07) is 6.91. The van der Waals surface area contributed by atoms with Crippen molar-refractivity contribution in [1.29, 1.82) is 0 Å². The highest BCUT2D eigenvalue weighted by Crippen LogP contribution is 2.54. The molecule has 1 heterocycles. The van der Waals surface area contributed by atoms with Gasteiger partial charge in [-0.25, -0.2) is 4.39 Å². The molecule has 132 valence electrons. The molecule has 2 aromatic rings. The van der Waals surface area contributed by atoms with Crippen molar-refractivity contribution in [2.24, 2.45) is 23.7 Å². The number of pyridine rings is 1. The Morgan fingerprint density at radius 2 is 1.92 bits per heavy atom. The van der Waals surface area contributed by atoms with Crippen LogP contribution in [-0.2, 0) is 9.53 Å². The minimum absolute atomic E-state index is 0.00935. The third kappa shape index (κ3) is 2.92. The van der Waals surface area contributed by atoms with Gasteiger partial charge in [0.25, 0.3) is 0 Å². The van der Waals surface area contributed by atoms with Gasteiger partial charge < -0.3 is 4.74 Å². The molecule has 4 rings (SSSR count). The van der Waals surface area contributed by atoms with E-state index in [0.29, 0.717) is 23.7 Å². The fourth-order valence-electron chi connectivity index (χ4n) is 5.20. The lowest BCUT2D eigenvalue weighted by atomic mass is 9.86. The van der Waals surface area contributed by atoms with Crippen LogP contribution in [0.3, 0.4) is 0 Å². The first-order valence-corrected chi connectivity index (χ1v) is 9.18. The number of esters is 1. The average Bonchev–Trinajstić information content (AvgIpc) is 3.18. The van der Waals surface area contributed by atoms with E-state index in [4.69, 9.17) is 4.74 Å². The fraction of sp³-hybridized carbons (Fsp3) is 0.524. The zero-order chi connectivity index (χ0) is 17.6. The molecule has 0 aliphatic heterocycles. The molecule has 0 amide bonds. The van der Waals surface area contributed by atoms with Gasteiger partial charge in [-0.1, -0.05) is 6.92 Å². The Bertz CT molecular complexity index is 792. The normalized spacial score (nSPS) is 29.6. The number of hydrogen-bond donors (Lipinski definition) is 0. The molecule has 1 aromatic carbocycles. The fourth-order valence-corrected chi connectivity index (χ4v) is 5.20. The molecule has 2 aliphatic carbocycles. The highest BCUT2D eigenvalue weighted by molar-refractivity contribution is 5.82. The molecule has 25 heavy (non-hydrogen) atoms. The molecule has 0 spiro atoms. The zero-order valence-electron chi connectivity index (χ0n) is 14.7. The number of benzene rings is 1.